The number of para-hydroxylation sites is 1. The van der Waals surface area contributed by atoms with Crippen LogP contribution in [-0.2, 0) is 0 Å². The quantitative estimate of drug-likeness (QED) is 0.677. The van der Waals surface area contributed by atoms with Crippen molar-refractivity contribution in [1.29, 1.82) is 0 Å². The molecule has 3 rings (SSSR count). The van der Waals surface area contributed by atoms with E-state index < -0.39 is 6.10 Å². The first-order chi connectivity index (χ1) is 11.1. The van der Waals surface area contributed by atoms with E-state index in [4.69, 9.17) is 0 Å². The topological polar surface area (TPSA) is 61.4 Å². The Kier molecular flexibility index (Phi) is 4.60. The Labute approximate surface area is 138 Å². The van der Waals surface area contributed by atoms with Gasteiger partial charge in [-0.2, -0.15) is 0 Å². The number of thiophene rings is 1. The second-order valence-corrected chi connectivity index (χ2v) is 6.47. The van der Waals surface area contributed by atoms with E-state index in [0.717, 1.165) is 26.2 Å². The Morgan fingerprint density at radius 2 is 1.91 bits per heavy atom. The van der Waals surface area contributed by atoms with Crippen LogP contribution in [0, 0.1) is 6.92 Å². The lowest BCUT2D eigenvalue weighted by Gasteiger charge is -2.12. The lowest BCUT2D eigenvalue weighted by atomic mass is 10.2. The van der Waals surface area contributed by atoms with Crippen LogP contribution in [0.4, 0.5) is 10.5 Å². The van der Waals surface area contributed by atoms with Crippen LogP contribution in [0.25, 0.3) is 10.1 Å². The fourth-order valence-corrected chi connectivity index (χ4v) is 3.39. The lowest BCUT2D eigenvalue weighted by molar-refractivity contribution is 0.178. The summed E-state index contributed by atoms with van der Waals surface area (Å²) in [4.78, 5) is 12.8. The smallest absolute Gasteiger partial charge is 0.319 e. The van der Waals surface area contributed by atoms with Crippen molar-refractivity contribution in [2.45, 2.75) is 13.0 Å². The normalized spacial score (nSPS) is 12.1. The molecule has 1 heterocycles. The monoisotopic (exact) mass is 326 g/mol. The highest BCUT2D eigenvalue weighted by Crippen LogP contribution is 2.29. The summed E-state index contributed by atoms with van der Waals surface area (Å²) in [7, 11) is 0. The Bertz CT molecular complexity index is 796. The van der Waals surface area contributed by atoms with Crippen LogP contribution in [0.5, 0.6) is 0 Å². The number of aliphatic hydroxyl groups is 1. The van der Waals surface area contributed by atoms with Crippen LogP contribution < -0.4 is 10.6 Å². The van der Waals surface area contributed by atoms with Gasteiger partial charge in [0.2, 0.25) is 0 Å². The van der Waals surface area contributed by atoms with Crippen LogP contribution in [0.2, 0.25) is 0 Å². The fraction of sp³-hybridized carbons (Fsp3) is 0.167. The number of rotatable bonds is 4. The number of carbonyl (C=O) groups is 1. The standard InChI is InChI=1S/C18H18N2O2S/c1-12-6-2-4-8-14(12)20-18(22)19-11-15(21)17-10-13-7-3-5-9-16(13)23-17/h2-10,15,21H,11H2,1H3,(H2,19,20,22). The maximum Gasteiger partial charge on any atom is 0.319 e. The molecule has 2 aromatic carbocycles. The Balaban J connectivity index is 1.59. The molecule has 3 N–H and O–H groups in total. The molecule has 4 nitrogen and oxygen atoms in total. The zero-order valence-electron chi connectivity index (χ0n) is 12.7. The van der Waals surface area contributed by atoms with E-state index in [2.05, 4.69) is 10.6 Å². The third kappa shape index (κ3) is 3.70. The summed E-state index contributed by atoms with van der Waals surface area (Å²) in [6.07, 6.45) is -0.713. The van der Waals surface area contributed by atoms with Crippen molar-refractivity contribution in [3.05, 3.63) is 65.0 Å². The predicted molar refractivity (Wildman–Crippen MR) is 95.0 cm³/mol. The molecule has 3 aromatic rings. The van der Waals surface area contributed by atoms with E-state index in [1.165, 1.54) is 0 Å². The van der Waals surface area contributed by atoms with Crippen LogP contribution in [0.1, 0.15) is 16.5 Å². The fourth-order valence-electron chi connectivity index (χ4n) is 2.34. The molecule has 1 atom stereocenters. The van der Waals surface area contributed by atoms with Crippen molar-refractivity contribution in [2.75, 3.05) is 11.9 Å². The van der Waals surface area contributed by atoms with Gasteiger partial charge in [0.15, 0.2) is 0 Å². The second kappa shape index (κ2) is 6.81. The number of carbonyl (C=O) groups excluding carboxylic acids is 1. The molecule has 0 aliphatic rings. The first-order valence-corrected chi connectivity index (χ1v) is 8.22. The molecule has 0 spiro atoms. The maximum absolute atomic E-state index is 11.9. The Hall–Kier alpha value is -2.37. The Morgan fingerprint density at radius 3 is 2.70 bits per heavy atom. The first kappa shape index (κ1) is 15.5. The summed E-state index contributed by atoms with van der Waals surface area (Å²) < 4.78 is 1.13. The van der Waals surface area contributed by atoms with Crippen molar-refractivity contribution in [2.24, 2.45) is 0 Å². The number of aryl methyl sites for hydroxylation is 1. The first-order valence-electron chi connectivity index (χ1n) is 7.40. The molecule has 118 valence electrons. The van der Waals surface area contributed by atoms with E-state index in [9.17, 15) is 9.90 Å². The average molecular weight is 326 g/mol. The largest absolute Gasteiger partial charge is 0.386 e. The molecule has 5 heteroatoms. The molecular formula is C18H18N2O2S. The molecular weight excluding hydrogens is 308 g/mol. The van der Waals surface area contributed by atoms with E-state index in [0.29, 0.717) is 0 Å². The summed E-state index contributed by atoms with van der Waals surface area (Å²) in [5, 5.41) is 16.9. The van der Waals surface area contributed by atoms with E-state index in [1.807, 2.05) is 61.5 Å². The lowest BCUT2D eigenvalue weighted by Crippen LogP contribution is -2.32. The molecule has 23 heavy (non-hydrogen) atoms. The summed E-state index contributed by atoms with van der Waals surface area (Å²) in [5.74, 6) is 0. The highest BCUT2D eigenvalue weighted by molar-refractivity contribution is 7.19. The minimum absolute atomic E-state index is 0.171. The number of nitrogens with one attached hydrogen (secondary N) is 2. The third-order valence-corrected chi connectivity index (χ3v) is 4.84. The third-order valence-electron chi connectivity index (χ3n) is 3.62. The number of hydrogen-bond donors (Lipinski definition) is 3. The molecule has 2 amide bonds. The molecule has 0 fully saturated rings. The number of aliphatic hydroxyl groups excluding tert-OH is 1. The summed E-state index contributed by atoms with van der Waals surface area (Å²) >= 11 is 1.54. The minimum atomic E-state index is -0.713. The van der Waals surface area contributed by atoms with E-state index in [-0.39, 0.29) is 12.6 Å². The number of urea groups is 1. The van der Waals surface area contributed by atoms with Gasteiger partial charge in [-0.15, -0.1) is 11.3 Å². The van der Waals surface area contributed by atoms with E-state index in [1.54, 1.807) is 11.3 Å². The van der Waals surface area contributed by atoms with Gasteiger partial charge in [0.05, 0.1) is 6.54 Å². The zero-order valence-corrected chi connectivity index (χ0v) is 13.6. The van der Waals surface area contributed by atoms with Gasteiger partial charge in [0, 0.05) is 15.3 Å². The van der Waals surface area contributed by atoms with Crippen LogP contribution >= 0.6 is 11.3 Å². The van der Waals surface area contributed by atoms with Crippen molar-refractivity contribution in [1.82, 2.24) is 5.32 Å². The molecule has 1 unspecified atom stereocenters. The predicted octanol–water partition coefficient (Wildman–Crippen LogP) is 4.06. The van der Waals surface area contributed by atoms with Gasteiger partial charge in [-0.1, -0.05) is 36.4 Å². The van der Waals surface area contributed by atoms with Gasteiger partial charge in [0.25, 0.3) is 0 Å². The zero-order chi connectivity index (χ0) is 16.2. The van der Waals surface area contributed by atoms with Crippen LogP contribution in [-0.4, -0.2) is 17.7 Å². The minimum Gasteiger partial charge on any atom is -0.386 e. The van der Waals surface area contributed by atoms with Gasteiger partial charge in [-0.25, -0.2) is 4.79 Å². The SMILES string of the molecule is Cc1ccccc1NC(=O)NCC(O)c1cc2ccccc2s1. The highest BCUT2D eigenvalue weighted by Gasteiger charge is 2.13. The molecule has 1 aromatic heterocycles. The molecule has 0 saturated heterocycles. The molecule has 0 saturated carbocycles. The number of anilines is 1. The number of benzene rings is 2. The maximum atomic E-state index is 11.9. The number of amides is 2. The van der Waals surface area contributed by atoms with Crippen LogP contribution in [0.15, 0.2) is 54.6 Å². The Morgan fingerprint density at radius 1 is 1.17 bits per heavy atom. The van der Waals surface area contributed by atoms with Crippen molar-refractivity contribution >= 4 is 33.1 Å². The van der Waals surface area contributed by atoms with Crippen molar-refractivity contribution < 1.29 is 9.90 Å². The van der Waals surface area contributed by atoms with Gasteiger partial charge >= 0.3 is 6.03 Å². The summed E-state index contributed by atoms with van der Waals surface area (Å²) in [5.41, 5.74) is 1.76. The van der Waals surface area contributed by atoms with Crippen molar-refractivity contribution in [3.8, 4) is 0 Å². The van der Waals surface area contributed by atoms with Gasteiger partial charge in [0.1, 0.15) is 6.10 Å². The molecule has 0 radical (unpaired) electrons. The van der Waals surface area contributed by atoms with Gasteiger partial charge in [-0.05, 0) is 36.1 Å². The summed E-state index contributed by atoms with van der Waals surface area (Å²) in [6.45, 7) is 2.10. The summed E-state index contributed by atoms with van der Waals surface area (Å²) in [6, 6.07) is 17.2. The molecule has 0 aliphatic heterocycles. The number of hydrogen-bond acceptors (Lipinski definition) is 3. The molecule has 0 bridgehead atoms. The number of fused-ring (bicyclic) bond motifs is 1. The van der Waals surface area contributed by atoms with Crippen molar-refractivity contribution in [3.63, 3.8) is 0 Å². The second-order valence-electron chi connectivity index (χ2n) is 5.35. The average Bonchev–Trinajstić information content (AvgIpc) is 2.99. The highest BCUT2D eigenvalue weighted by atomic mass is 32.1. The van der Waals surface area contributed by atoms with Gasteiger partial charge < -0.3 is 15.7 Å². The molecule has 0 aliphatic carbocycles. The van der Waals surface area contributed by atoms with Crippen LogP contribution in [0.3, 0.4) is 0 Å². The van der Waals surface area contributed by atoms with Gasteiger partial charge in [-0.3, -0.25) is 0 Å². The van der Waals surface area contributed by atoms with E-state index >= 15 is 0 Å².